The van der Waals surface area contributed by atoms with E-state index in [0.717, 1.165) is 18.6 Å². The third kappa shape index (κ3) is 5.87. The van der Waals surface area contributed by atoms with Gasteiger partial charge in [-0.15, -0.1) is 0 Å². The summed E-state index contributed by atoms with van der Waals surface area (Å²) in [5.74, 6) is 0. The van der Waals surface area contributed by atoms with Crippen LogP contribution < -0.4 is 0 Å². The molecule has 4 heteroatoms. The van der Waals surface area contributed by atoms with E-state index in [2.05, 4.69) is 62.4 Å². The normalized spacial score (nSPS) is 18.5. The van der Waals surface area contributed by atoms with Gasteiger partial charge >= 0.3 is 0 Å². The maximum Gasteiger partial charge on any atom is 0.231 e. The van der Waals surface area contributed by atoms with Crippen LogP contribution >= 0.6 is 0 Å². The van der Waals surface area contributed by atoms with E-state index in [9.17, 15) is 0 Å². The predicted molar refractivity (Wildman–Crippen MR) is 78.3 cm³/mol. The molecule has 0 saturated carbocycles. The van der Waals surface area contributed by atoms with Crippen molar-refractivity contribution in [3.05, 3.63) is 59.7 Å². The number of carbonyl (C=O) groups excluding carboxylic acids is 2. The van der Waals surface area contributed by atoms with Crippen LogP contribution in [-0.4, -0.2) is 12.2 Å². The van der Waals surface area contributed by atoms with Gasteiger partial charge in [0.15, 0.2) is 0 Å². The van der Waals surface area contributed by atoms with E-state index < -0.39 is 0 Å². The molecule has 0 fully saturated rings. The number of hydrogen-bond acceptors (Lipinski definition) is 4. The molecule has 1 aliphatic carbocycles. The number of allylic oxidation sites excluding steroid dienone is 4. The third-order valence-electron chi connectivity index (χ3n) is 2.96. The minimum absolute atomic E-state index is 0.197. The summed E-state index contributed by atoms with van der Waals surface area (Å²) < 4.78 is 0. The van der Waals surface area contributed by atoms with Gasteiger partial charge in [0.1, 0.15) is 0 Å². The predicted octanol–water partition coefficient (Wildman–Crippen LogP) is 3.57. The van der Waals surface area contributed by atoms with Crippen LogP contribution in [0.2, 0.25) is 0 Å². The fourth-order valence-electron chi connectivity index (χ4n) is 1.88. The van der Waals surface area contributed by atoms with Crippen LogP contribution in [0.15, 0.2) is 48.6 Å². The molecule has 0 spiro atoms. The summed E-state index contributed by atoms with van der Waals surface area (Å²) in [6.07, 6.45) is 11.4. The van der Waals surface area contributed by atoms with Gasteiger partial charge in [0.25, 0.3) is 0 Å². The van der Waals surface area contributed by atoms with E-state index in [1.54, 1.807) is 0 Å². The number of aryl methyl sites for hydroxylation is 1. The zero-order valence-corrected chi connectivity index (χ0v) is 11.6. The van der Waals surface area contributed by atoms with E-state index in [1.165, 1.54) is 11.1 Å². The SMILES string of the molecule is Cc1ccc(C2(C)C=CC=CC2)cc1.N=C=O.N=C=O. The van der Waals surface area contributed by atoms with Crippen molar-refractivity contribution < 1.29 is 9.59 Å². The van der Waals surface area contributed by atoms with Crippen molar-refractivity contribution in [3.63, 3.8) is 0 Å². The Morgan fingerprint density at radius 3 is 1.95 bits per heavy atom. The molecule has 0 heterocycles. The number of rotatable bonds is 1. The maximum absolute atomic E-state index is 8.35. The highest BCUT2D eigenvalue weighted by Crippen LogP contribution is 2.31. The molecular weight excluding hydrogens is 252 g/mol. The van der Waals surface area contributed by atoms with Crippen LogP contribution in [-0.2, 0) is 15.0 Å². The number of benzene rings is 1. The van der Waals surface area contributed by atoms with E-state index in [1.807, 2.05) is 0 Å². The standard InChI is InChI=1S/C14H16.2CHNO/c1-12-6-8-13(9-7-12)14(2)10-4-3-5-11-14;2*2-1-3/h3-10H,11H2,1-2H3;2*2H. The Balaban J connectivity index is 0.000000520. The molecule has 1 aromatic carbocycles. The van der Waals surface area contributed by atoms with E-state index in [0.29, 0.717) is 0 Å². The summed E-state index contributed by atoms with van der Waals surface area (Å²) in [5, 5.41) is 10.8. The van der Waals surface area contributed by atoms with Gasteiger partial charge in [-0.2, -0.15) is 0 Å². The first-order valence-corrected chi connectivity index (χ1v) is 6.03. The largest absolute Gasteiger partial charge is 0.231 e. The second-order valence-electron chi connectivity index (χ2n) is 4.48. The lowest BCUT2D eigenvalue weighted by molar-refractivity contribution is 0.562. The second-order valence-corrected chi connectivity index (χ2v) is 4.48. The van der Waals surface area contributed by atoms with Gasteiger partial charge in [-0.05, 0) is 18.9 Å². The van der Waals surface area contributed by atoms with Crippen molar-refractivity contribution >= 4 is 12.2 Å². The first-order valence-electron chi connectivity index (χ1n) is 6.03. The summed E-state index contributed by atoms with van der Waals surface area (Å²) in [6, 6.07) is 8.84. The average molecular weight is 270 g/mol. The molecule has 2 rings (SSSR count). The lowest BCUT2D eigenvalue weighted by Crippen LogP contribution is -2.19. The molecule has 1 aliphatic rings. The quantitative estimate of drug-likeness (QED) is 0.604. The lowest BCUT2D eigenvalue weighted by atomic mass is 9.77. The van der Waals surface area contributed by atoms with Crippen molar-refractivity contribution in [2.75, 3.05) is 0 Å². The summed E-state index contributed by atoms with van der Waals surface area (Å²) in [6.45, 7) is 4.42. The van der Waals surface area contributed by atoms with Gasteiger partial charge in [0.05, 0.1) is 0 Å². The summed E-state index contributed by atoms with van der Waals surface area (Å²) in [5.41, 5.74) is 2.93. The molecular formula is C16H18N2O2. The van der Waals surface area contributed by atoms with Crippen molar-refractivity contribution in [2.45, 2.75) is 25.7 Å². The Bertz CT molecular complexity index is 520. The molecule has 0 saturated heterocycles. The molecule has 20 heavy (non-hydrogen) atoms. The number of hydrogen-bond donors (Lipinski definition) is 2. The molecule has 0 radical (unpaired) electrons. The molecule has 4 nitrogen and oxygen atoms in total. The van der Waals surface area contributed by atoms with Crippen molar-refractivity contribution in [1.82, 2.24) is 0 Å². The van der Waals surface area contributed by atoms with Gasteiger partial charge < -0.3 is 0 Å². The van der Waals surface area contributed by atoms with Crippen molar-refractivity contribution in [2.24, 2.45) is 0 Å². The van der Waals surface area contributed by atoms with Crippen LogP contribution in [0.25, 0.3) is 0 Å². The molecule has 2 N–H and O–H groups in total. The second kappa shape index (κ2) is 9.40. The highest BCUT2D eigenvalue weighted by atomic mass is 16.1. The zero-order chi connectivity index (χ0) is 15.4. The van der Waals surface area contributed by atoms with Crippen LogP contribution in [0.4, 0.5) is 0 Å². The van der Waals surface area contributed by atoms with Crippen LogP contribution in [0, 0.1) is 17.7 Å². The fourth-order valence-corrected chi connectivity index (χ4v) is 1.88. The molecule has 0 amide bonds. The molecule has 1 atom stereocenters. The number of nitrogens with one attached hydrogen (secondary N) is 2. The molecule has 1 unspecified atom stereocenters. The van der Waals surface area contributed by atoms with E-state index in [-0.39, 0.29) is 5.41 Å². The Labute approximate surface area is 118 Å². The van der Waals surface area contributed by atoms with E-state index in [4.69, 9.17) is 20.4 Å². The summed E-state index contributed by atoms with van der Waals surface area (Å²) in [7, 11) is 0. The first kappa shape index (κ1) is 17.5. The van der Waals surface area contributed by atoms with E-state index >= 15 is 0 Å². The smallest absolute Gasteiger partial charge is 0.222 e. The first-order chi connectivity index (χ1) is 9.53. The summed E-state index contributed by atoms with van der Waals surface area (Å²) >= 11 is 0. The topological polar surface area (TPSA) is 81.8 Å². The van der Waals surface area contributed by atoms with Gasteiger partial charge in [0.2, 0.25) is 12.2 Å². The van der Waals surface area contributed by atoms with Gasteiger partial charge in [-0.25, -0.2) is 20.4 Å². The van der Waals surface area contributed by atoms with Gasteiger partial charge in [0, 0.05) is 5.41 Å². The Morgan fingerprint density at radius 1 is 1.05 bits per heavy atom. The molecule has 0 aliphatic heterocycles. The molecule has 1 aromatic rings. The lowest BCUT2D eigenvalue weighted by Gasteiger charge is -2.27. The third-order valence-corrected chi connectivity index (χ3v) is 2.96. The monoisotopic (exact) mass is 270 g/mol. The van der Waals surface area contributed by atoms with Crippen LogP contribution in [0.5, 0.6) is 0 Å². The van der Waals surface area contributed by atoms with Gasteiger partial charge in [-0.1, -0.05) is 61.1 Å². The average Bonchev–Trinajstić information content (AvgIpc) is 2.42. The molecule has 0 aromatic heterocycles. The Morgan fingerprint density at radius 2 is 1.55 bits per heavy atom. The minimum Gasteiger partial charge on any atom is -0.222 e. The van der Waals surface area contributed by atoms with Crippen molar-refractivity contribution in [3.8, 4) is 0 Å². The van der Waals surface area contributed by atoms with Crippen molar-refractivity contribution in [1.29, 1.82) is 10.8 Å². The minimum atomic E-state index is 0.197. The maximum atomic E-state index is 8.35. The fraction of sp³-hybridized carbons (Fsp3) is 0.250. The molecule has 104 valence electrons. The van der Waals surface area contributed by atoms with Crippen LogP contribution in [0.1, 0.15) is 24.5 Å². The van der Waals surface area contributed by atoms with Gasteiger partial charge in [-0.3, -0.25) is 0 Å². The molecule has 0 bridgehead atoms. The Hall–Kier alpha value is -2.54. The number of isocyanates is 2. The van der Waals surface area contributed by atoms with Crippen LogP contribution in [0.3, 0.4) is 0 Å². The zero-order valence-electron chi connectivity index (χ0n) is 11.6. The summed E-state index contributed by atoms with van der Waals surface area (Å²) in [4.78, 5) is 16.7. The highest BCUT2D eigenvalue weighted by Gasteiger charge is 2.22. The highest BCUT2D eigenvalue weighted by molar-refractivity contribution is 5.35. The Kier molecular flexibility index (Phi) is 8.20.